The summed E-state index contributed by atoms with van der Waals surface area (Å²) in [6.45, 7) is 1.61. The molecule has 29 heavy (non-hydrogen) atoms. The highest BCUT2D eigenvalue weighted by Gasteiger charge is 2.30. The first-order chi connectivity index (χ1) is 13.7. The number of carbonyl (C=O) groups is 1. The fourth-order valence-corrected chi connectivity index (χ4v) is 3.16. The van der Waals surface area contributed by atoms with Crippen LogP contribution in [0.15, 0.2) is 58.2 Å². The molecule has 0 spiro atoms. The van der Waals surface area contributed by atoms with Gasteiger partial charge >= 0.3 is 6.18 Å². The van der Waals surface area contributed by atoms with E-state index in [9.17, 15) is 18.0 Å². The van der Waals surface area contributed by atoms with Gasteiger partial charge in [-0.15, -0.1) is 10.2 Å². The van der Waals surface area contributed by atoms with Crippen molar-refractivity contribution in [2.75, 3.05) is 5.75 Å². The number of halogens is 4. The molecule has 1 aromatic heterocycles. The van der Waals surface area contributed by atoms with E-state index in [2.05, 4.69) is 15.5 Å². The lowest BCUT2D eigenvalue weighted by Gasteiger charge is -2.16. The predicted octanol–water partition coefficient (Wildman–Crippen LogP) is 5.38. The van der Waals surface area contributed by atoms with Crippen molar-refractivity contribution in [2.24, 2.45) is 0 Å². The SMILES string of the molecule is CC(NC(=O)CSc1nnc(-c2ccc(Cl)cc2)o1)c1cccc(C(F)(F)F)c1. The lowest BCUT2D eigenvalue weighted by atomic mass is 10.0. The van der Waals surface area contributed by atoms with Crippen molar-refractivity contribution in [1.29, 1.82) is 0 Å². The Labute approximate surface area is 173 Å². The molecule has 0 bridgehead atoms. The maximum Gasteiger partial charge on any atom is 0.416 e. The Hall–Kier alpha value is -2.52. The molecule has 1 unspecified atom stereocenters. The van der Waals surface area contributed by atoms with Crippen molar-refractivity contribution in [3.8, 4) is 11.5 Å². The lowest BCUT2D eigenvalue weighted by molar-refractivity contribution is -0.137. The quantitative estimate of drug-likeness (QED) is 0.520. The number of thioether (sulfide) groups is 1. The van der Waals surface area contributed by atoms with E-state index in [1.54, 1.807) is 31.2 Å². The Morgan fingerprint density at radius 2 is 1.93 bits per heavy atom. The molecular weight excluding hydrogens is 427 g/mol. The van der Waals surface area contributed by atoms with Gasteiger partial charge in [0.05, 0.1) is 17.4 Å². The van der Waals surface area contributed by atoms with Crippen LogP contribution in [0.25, 0.3) is 11.5 Å². The van der Waals surface area contributed by atoms with Gasteiger partial charge in [-0.3, -0.25) is 4.79 Å². The van der Waals surface area contributed by atoms with Crippen LogP contribution < -0.4 is 5.32 Å². The van der Waals surface area contributed by atoms with Crippen LogP contribution in [0.2, 0.25) is 5.02 Å². The molecule has 1 N–H and O–H groups in total. The van der Waals surface area contributed by atoms with Crippen molar-refractivity contribution < 1.29 is 22.4 Å². The Kier molecular flexibility index (Phi) is 6.49. The summed E-state index contributed by atoms with van der Waals surface area (Å²) in [5, 5.41) is 11.2. The van der Waals surface area contributed by atoms with E-state index >= 15 is 0 Å². The first-order valence-corrected chi connectivity index (χ1v) is 9.77. The van der Waals surface area contributed by atoms with Crippen LogP contribution in [-0.4, -0.2) is 21.9 Å². The summed E-state index contributed by atoms with van der Waals surface area (Å²) in [4.78, 5) is 12.1. The number of nitrogens with zero attached hydrogens (tertiary/aromatic N) is 2. The highest BCUT2D eigenvalue weighted by atomic mass is 35.5. The number of hydrogen-bond donors (Lipinski definition) is 1. The van der Waals surface area contributed by atoms with Crippen molar-refractivity contribution in [3.63, 3.8) is 0 Å². The normalized spacial score (nSPS) is 12.6. The minimum Gasteiger partial charge on any atom is -0.411 e. The predicted molar refractivity (Wildman–Crippen MR) is 103 cm³/mol. The smallest absolute Gasteiger partial charge is 0.411 e. The molecule has 1 heterocycles. The minimum atomic E-state index is -4.44. The zero-order valence-electron chi connectivity index (χ0n) is 15.0. The zero-order valence-corrected chi connectivity index (χ0v) is 16.6. The Morgan fingerprint density at radius 3 is 2.62 bits per heavy atom. The van der Waals surface area contributed by atoms with E-state index in [4.69, 9.17) is 16.0 Å². The summed E-state index contributed by atoms with van der Waals surface area (Å²) < 4.78 is 44.0. The van der Waals surface area contributed by atoms with Gasteiger partial charge in [-0.25, -0.2) is 0 Å². The van der Waals surface area contributed by atoms with Crippen LogP contribution in [0, 0.1) is 0 Å². The van der Waals surface area contributed by atoms with E-state index in [-0.39, 0.29) is 16.9 Å². The van der Waals surface area contributed by atoms with E-state index in [0.717, 1.165) is 23.9 Å². The van der Waals surface area contributed by atoms with Gasteiger partial charge in [-0.05, 0) is 48.9 Å². The molecular formula is C19H15ClF3N3O2S. The number of nitrogens with one attached hydrogen (secondary N) is 1. The number of aromatic nitrogens is 2. The summed E-state index contributed by atoms with van der Waals surface area (Å²) >= 11 is 6.87. The molecule has 0 fully saturated rings. The van der Waals surface area contributed by atoms with E-state index in [1.165, 1.54) is 12.1 Å². The first kappa shape index (κ1) is 21.2. The first-order valence-electron chi connectivity index (χ1n) is 8.41. The van der Waals surface area contributed by atoms with Crippen molar-refractivity contribution in [1.82, 2.24) is 15.5 Å². The second kappa shape index (κ2) is 8.87. The Morgan fingerprint density at radius 1 is 1.21 bits per heavy atom. The maximum atomic E-state index is 12.8. The number of alkyl halides is 3. The van der Waals surface area contributed by atoms with Gasteiger partial charge in [0, 0.05) is 10.6 Å². The third-order valence-electron chi connectivity index (χ3n) is 3.92. The molecule has 10 heteroatoms. The average Bonchev–Trinajstić information content (AvgIpc) is 3.15. The molecule has 0 saturated heterocycles. The highest BCUT2D eigenvalue weighted by Crippen LogP contribution is 2.31. The van der Waals surface area contributed by atoms with Crippen LogP contribution >= 0.6 is 23.4 Å². The molecule has 3 aromatic rings. The van der Waals surface area contributed by atoms with Crippen LogP contribution in [-0.2, 0) is 11.0 Å². The fraction of sp³-hybridized carbons (Fsp3) is 0.211. The molecule has 3 rings (SSSR count). The van der Waals surface area contributed by atoms with Crippen molar-refractivity contribution in [2.45, 2.75) is 24.4 Å². The van der Waals surface area contributed by atoms with Crippen LogP contribution in [0.4, 0.5) is 13.2 Å². The maximum absolute atomic E-state index is 12.8. The van der Waals surface area contributed by atoms with Crippen LogP contribution in [0.3, 0.4) is 0 Å². The Bertz CT molecular complexity index is 993. The van der Waals surface area contributed by atoms with Gasteiger partial charge < -0.3 is 9.73 Å². The van der Waals surface area contributed by atoms with Gasteiger partial charge in [-0.1, -0.05) is 35.5 Å². The third kappa shape index (κ3) is 5.74. The van der Waals surface area contributed by atoms with Crippen molar-refractivity contribution >= 4 is 29.3 Å². The molecule has 0 saturated carbocycles. The number of amides is 1. The molecule has 0 radical (unpaired) electrons. The monoisotopic (exact) mass is 441 g/mol. The second-order valence-electron chi connectivity index (χ2n) is 6.08. The topological polar surface area (TPSA) is 68.0 Å². The fourth-order valence-electron chi connectivity index (χ4n) is 2.46. The second-order valence-corrected chi connectivity index (χ2v) is 7.44. The van der Waals surface area contributed by atoms with Crippen LogP contribution in [0.5, 0.6) is 0 Å². The average molecular weight is 442 g/mol. The van der Waals surface area contributed by atoms with Gasteiger partial charge in [0.15, 0.2) is 0 Å². The largest absolute Gasteiger partial charge is 0.416 e. The van der Waals surface area contributed by atoms with Gasteiger partial charge in [-0.2, -0.15) is 13.2 Å². The number of rotatable bonds is 6. The number of benzene rings is 2. The molecule has 0 aliphatic heterocycles. The molecule has 2 aromatic carbocycles. The minimum absolute atomic E-state index is 0.0223. The molecule has 0 aliphatic rings. The standard InChI is InChI=1S/C19H15ClF3N3O2S/c1-11(13-3-2-4-14(9-13)19(21,22)23)24-16(27)10-29-18-26-25-17(28-18)12-5-7-15(20)8-6-12/h2-9,11H,10H2,1H3,(H,24,27). The summed E-state index contributed by atoms with van der Waals surface area (Å²) in [5.41, 5.74) is 0.295. The Balaban J connectivity index is 1.56. The molecule has 1 atom stereocenters. The number of carbonyl (C=O) groups excluding carboxylic acids is 1. The lowest BCUT2D eigenvalue weighted by Crippen LogP contribution is -2.28. The van der Waals surface area contributed by atoms with Gasteiger partial charge in [0.2, 0.25) is 11.8 Å². The molecule has 5 nitrogen and oxygen atoms in total. The highest BCUT2D eigenvalue weighted by molar-refractivity contribution is 7.99. The van der Waals surface area contributed by atoms with Crippen molar-refractivity contribution in [3.05, 3.63) is 64.7 Å². The summed E-state index contributed by atoms with van der Waals surface area (Å²) in [5.74, 6) is -0.0981. The molecule has 1 amide bonds. The summed E-state index contributed by atoms with van der Waals surface area (Å²) in [6.07, 6.45) is -4.44. The van der Waals surface area contributed by atoms with Crippen LogP contribution in [0.1, 0.15) is 24.1 Å². The zero-order chi connectivity index (χ0) is 21.0. The van der Waals surface area contributed by atoms with E-state index in [0.29, 0.717) is 22.0 Å². The summed E-state index contributed by atoms with van der Waals surface area (Å²) in [7, 11) is 0. The van der Waals surface area contributed by atoms with Gasteiger partial charge in [0.1, 0.15) is 0 Å². The molecule has 0 aliphatic carbocycles. The van der Waals surface area contributed by atoms with E-state index in [1.807, 2.05) is 0 Å². The molecule has 152 valence electrons. The van der Waals surface area contributed by atoms with Gasteiger partial charge in [0.25, 0.3) is 5.22 Å². The summed E-state index contributed by atoms with van der Waals surface area (Å²) in [6, 6.07) is 11.1. The number of hydrogen-bond acceptors (Lipinski definition) is 5. The third-order valence-corrected chi connectivity index (χ3v) is 4.99. The van der Waals surface area contributed by atoms with E-state index < -0.39 is 17.8 Å².